The molecule has 2 rings (SSSR count). The van der Waals surface area contributed by atoms with Crippen LogP contribution in [0.5, 0.6) is 0 Å². The van der Waals surface area contributed by atoms with Gasteiger partial charge in [-0.1, -0.05) is 47.6 Å². The summed E-state index contributed by atoms with van der Waals surface area (Å²) in [7, 11) is 2.74. The first-order valence-electron chi connectivity index (χ1n) is 6.72. The number of carbonyl (C=O) groups excluding carboxylic acids is 1. The van der Waals surface area contributed by atoms with Crippen molar-refractivity contribution >= 4 is 23.4 Å². The summed E-state index contributed by atoms with van der Waals surface area (Å²) in [6.07, 6.45) is 0. The van der Waals surface area contributed by atoms with E-state index in [1.807, 2.05) is 42.5 Å². The Kier molecular flexibility index (Phi) is 6.03. The minimum atomic E-state index is -0.515. The van der Waals surface area contributed by atoms with Crippen molar-refractivity contribution in [1.82, 2.24) is 0 Å². The molecule has 0 aliphatic heterocycles. The largest absolute Gasteiger partial charge is 0.464 e. The number of esters is 1. The molecule has 5 heteroatoms. The van der Waals surface area contributed by atoms with Gasteiger partial charge >= 0.3 is 5.97 Å². The van der Waals surface area contributed by atoms with Crippen LogP contribution in [0.1, 0.15) is 11.1 Å². The predicted octanol–water partition coefficient (Wildman–Crippen LogP) is 3.50. The highest BCUT2D eigenvalue weighted by Crippen LogP contribution is 2.24. The quantitative estimate of drug-likeness (QED) is 0.354. The SMILES string of the molecule is CON=C(C(=O)OC)c1ccccc1CSc1ccccc1. The van der Waals surface area contributed by atoms with Crippen LogP contribution >= 0.6 is 11.8 Å². The molecule has 4 nitrogen and oxygen atoms in total. The van der Waals surface area contributed by atoms with Gasteiger partial charge in [0.15, 0.2) is 5.71 Å². The minimum Gasteiger partial charge on any atom is -0.464 e. The lowest BCUT2D eigenvalue weighted by molar-refractivity contribution is -0.132. The van der Waals surface area contributed by atoms with Gasteiger partial charge in [-0.25, -0.2) is 4.79 Å². The zero-order valence-electron chi connectivity index (χ0n) is 12.5. The summed E-state index contributed by atoms with van der Waals surface area (Å²) in [5.41, 5.74) is 1.89. The second-order valence-corrected chi connectivity index (χ2v) is 5.42. The van der Waals surface area contributed by atoms with Crippen LogP contribution in [0.3, 0.4) is 0 Å². The molecule has 0 atom stereocenters. The first-order chi connectivity index (χ1) is 10.8. The molecule has 0 saturated carbocycles. The maximum absolute atomic E-state index is 11.9. The van der Waals surface area contributed by atoms with E-state index in [1.54, 1.807) is 11.8 Å². The molecule has 0 unspecified atom stereocenters. The molecule has 0 bridgehead atoms. The van der Waals surface area contributed by atoms with Gasteiger partial charge in [-0.05, 0) is 17.7 Å². The Morgan fingerprint density at radius 3 is 2.41 bits per heavy atom. The number of ether oxygens (including phenoxy) is 1. The van der Waals surface area contributed by atoms with E-state index in [4.69, 9.17) is 9.57 Å². The molecular weight excluding hydrogens is 298 g/mol. The van der Waals surface area contributed by atoms with E-state index in [9.17, 15) is 4.79 Å². The van der Waals surface area contributed by atoms with E-state index in [0.29, 0.717) is 0 Å². The van der Waals surface area contributed by atoms with Gasteiger partial charge in [-0.2, -0.15) is 0 Å². The summed E-state index contributed by atoms with van der Waals surface area (Å²) in [4.78, 5) is 17.8. The molecule has 2 aromatic carbocycles. The molecule has 0 aliphatic rings. The van der Waals surface area contributed by atoms with Gasteiger partial charge < -0.3 is 9.57 Å². The molecule has 22 heavy (non-hydrogen) atoms. The molecular formula is C17H17NO3S. The van der Waals surface area contributed by atoms with Crippen molar-refractivity contribution in [3.63, 3.8) is 0 Å². The zero-order chi connectivity index (χ0) is 15.8. The van der Waals surface area contributed by atoms with Crippen LogP contribution in [0.15, 0.2) is 64.6 Å². The number of oxime groups is 1. The van der Waals surface area contributed by atoms with Crippen molar-refractivity contribution < 1.29 is 14.4 Å². The molecule has 0 aromatic heterocycles. The van der Waals surface area contributed by atoms with Gasteiger partial charge in [0.2, 0.25) is 0 Å². The molecule has 0 amide bonds. The van der Waals surface area contributed by atoms with Crippen LogP contribution in [0.2, 0.25) is 0 Å². The Bertz CT molecular complexity index is 656. The predicted molar refractivity (Wildman–Crippen MR) is 88.0 cm³/mol. The normalized spacial score (nSPS) is 11.1. The second-order valence-electron chi connectivity index (χ2n) is 4.37. The lowest BCUT2D eigenvalue weighted by atomic mass is 10.0. The van der Waals surface area contributed by atoms with Crippen molar-refractivity contribution in [3.8, 4) is 0 Å². The highest BCUT2D eigenvalue weighted by molar-refractivity contribution is 7.98. The summed E-state index contributed by atoms with van der Waals surface area (Å²) in [5.74, 6) is 0.207. The minimum absolute atomic E-state index is 0.175. The number of methoxy groups -OCH3 is 1. The molecule has 0 aliphatic carbocycles. The van der Waals surface area contributed by atoms with E-state index in [-0.39, 0.29) is 5.71 Å². The first-order valence-corrected chi connectivity index (χ1v) is 7.70. The van der Waals surface area contributed by atoms with Gasteiger partial charge in [-0.15, -0.1) is 11.8 Å². The first kappa shape index (κ1) is 16.1. The van der Waals surface area contributed by atoms with Crippen LogP contribution < -0.4 is 0 Å². The maximum Gasteiger partial charge on any atom is 0.360 e. The van der Waals surface area contributed by atoms with Gasteiger partial charge in [0.05, 0.1) is 7.11 Å². The second kappa shape index (κ2) is 8.24. The average Bonchev–Trinajstić information content (AvgIpc) is 2.58. The highest BCUT2D eigenvalue weighted by Gasteiger charge is 2.18. The van der Waals surface area contributed by atoms with Crippen molar-refractivity contribution in [2.24, 2.45) is 5.16 Å². The third-order valence-electron chi connectivity index (χ3n) is 2.97. The zero-order valence-corrected chi connectivity index (χ0v) is 13.3. The summed E-state index contributed by atoms with van der Waals surface area (Å²) in [5, 5.41) is 3.81. The van der Waals surface area contributed by atoms with Gasteiger partial charge in [0, 0.05) is 16.2 Å². The van der Waals surface area contributed by atoms with Crippen LogP contribution in [-0.2, 0) is 20.1 Å². The Balaban J connectivity index is 2.26. The molecule has 0 spiro atoms. The van der Waals surface area contributed by atoms with Crippen LogP contribution in [0, 0.1) is 0 Å². The summed E-state index contributed by atoms with van der Waals surface area (Å²) >= 11 is 1.69. The standard InChI is InChI=1S/C17H17NO3S/c1-20-17(19)16(18-21-2)15-11-7-6-8-13(15)12-22-14-9-4-3-5-10-14/h3-11H,12H2,1-2H3. The lowest BCUT2D eigenvalue weighted by Gasteiger charge is -2.10. The fourth-order valence-electron chi connectivity index (χ4n) is 1.94. The summed E-state index contributed by atoms with van der Waals surface area (Å²) in [6.45, 7) is 0. The monoisotopic (exact) mass is 315 g/mol. The Hall–Kier alpha value is -2.27. The van der Waals surface area contributed by atoms with Crippen LogP contribution in [0.25, 0.3) is 0 Å². The molecule has 0 radical (unpaired) electrons. The van der Waals surface area contributed by atoms with Crippen LogP contribution in [-0.4, -0.2) is 25.9 Å². The van der Waals surface area contributed by atoms with E-state index in [1.165, 1.54) is 19.1 Å². The fraction of sp³-hybridized carbons (Fsp3) is 0.176. The van der Waals surface area contributed by atoms with E-state index < -0.39 is 5.97 Å². The third kappa shape index (κ3) is 4.11. The van der Waals surface area contributed by atoms with E-state index in [2.05, 4.69) is 17.3 Å². The third-order valence-corrected chi connectivity index (χ3v) is 4.03. The number of hydrogen-bond acceptors (Lipinski definition) is 5. The van der Waals surface area contributed by atoms with Crippen molar-refractivity contribution in [2.75, 3.05) is 14.2 Å². The summed E-state index contributed by atoms with van der Waals surface area (Å²) in [6, 6.07) is 17.7. The fourth-order valence-corrected chi connectivity index (χ4v) is 2.86. The molecule has 0 N–H and O–H groups in total. The number of thioether (sulfide) groups is 1. The number of carbonyl (C=O) groups is 1. The number of hydrogen-bond donors (Lipinski definition) is 0. The molecule has 0 heterocycles. The van der Waals surface area contributed by atoms with E-state index >= 15 is 0 Å². The highest BCUT2D eigenvalue weighted by atomic mass is 32.2. The van der Waals surface area contributed by atoms with Crippen LogP contribution in [0.4, 0.5) is 0 Å². The van der Waals surface area contributed by atoms with Crippen molar-refractivity contribution in [3.05, 3.63) is 65.7 Å². The topological polar surface area (TPSA) is 47.9 Å². The number of benzene rings is 2. The average molecular weight is 315 g/mol. The van der Waals surface area contributed by atoms with E-state index in [0.717, 1.165) is 16.9 Å². The van der Waals surface area contributed by atoms with Gasteiger partial charge in [-0.3, -0.25) is 0 Å². The lowest BCUT2D eigenvalue weighted by Crippen LogP contribution is -2.19. The van der Waals surface area contributed by atoms with Gasteiger partial charge in [0.25, 0.3) is 0 Å². The Labute approximate surface area is 134 Å². The Morgan fingerprint density at radius 1 is 1.05 bits per heavy atom. The molecule has 0 fully saturated rings. The number of rotatable bonds is 6. The number of nitrogens with zero attached hydrogens (tertiary/aromatic N) is 1. The maximum atomic E-state index is 11.9. The van der Waals surface area contributed by atoms with Crippen molar-refractivity contribution in [1.29, 1.82) is 0 Å². The molecule has 0 saturated heterocycles. The summed E-state index contributed by atoms with van der Waals surface area (Å²) < 4.78 is 4.78. The molecule has 114 valence electrons. The van der Waals surface area contributed by atoms with Gasteiger partial charge in [0.1, 0.15) is 7.11 Å². The Morgan fingerprint density at radius 2 is 1.73 bits per heavy atom. The smallest absolute Gasteiger partial charge is 0.360 e. The van der Waals surface area contributed by atoms with Crippen molar-refractivity contribution in [2.45, 2.75) is 10.6 Å². The molecule has 2 aromatic rings.